The lowest BCUT2D eigenvalue weighted by Gasteiger charge is -2.41. The molecule has 4 atom stereocenters. The Morgan fingerprint density at radius 3 is 2.75 bits per heavy atom. The van der Waals surface area contributed by atoms with Gasteiger partial charge in [-0.3, -0.25) is 0 Å². The van der Waals surface area contributed by atoms with Gasteiger partial charge in [0.15, 0.2) is 0 Å². The molecule has 0 spiro atoms. The first-order valence-corrected chi connectivity index (χ1v) is 6.48. The number of likely N-dealkylation sites (tertiary alicyclic amines) is 1. The molecule has 0 amide bonds. The van der Waals surface area contributed by atoms with Crippen LogP contribution in [0.1, 0.15) is 40.0 Å². The standard InChI is InChI=1S/C14H26N2/c1-6-8-13(7-2)15-14-9-12(4)16(5)10-11(14)3/h1,11-15H,7-10H2,2-5H3. The summed E-state index contributed by atoms with van der Waals surface area (Å²) in [4.78, 5) is 2.45. The van der Waals surface area contributed by atoms with Gasteiger partial charge < -0.3 is 10.2 Å². The summed E-state index contributed by atoms with van der Waals surface area (Å²) in [6.45, 7) is 8.04. The fourth-order valence-corrected chi connectivity index (χ4v) is 2.54. The van der Waals surface area contributed by atoms with Crippen molar-refractivity contribution in [3.05, 3.63) is 0 Å². The van der Waals surface area contributed by atoms with Crippen LogP contribution >= 0.6 is 0 Å². The summed E-state index contributed by atoms with van der Waals surface area (Å²) in [6, 6.07) is 1.80. The Balaban J connectivity index is 2.49. The minimum Gasteiger partial charge on any atom is -0.310 e. The number of piperidine rings is 1. The lowest BCUT2D eigenvalue weighted by atomic mass is 9.89. The molecular weight excluding hydrogens is 196 g/mol. The normalized spacial score (nSPS) is 33.3. The quantitative estimate of drug-likeness (QED) is 0.733. The largest absolute Gasteiger partial charge is 0.310 e. The average Bonchev–Trinajstić information content (AvgIpc) is 2.25. The highest BCUT2D eigenvalue weighted by Gasteiger charge is 2.29. The molecule has 1 saturated heterocycles. The second-order valence-corrected chi connectivity index (χ2v) is 5.29. The Bertz CT molecular complexity index is 244. The van der Waals surface area contributed by atoms with Crippen molar-refractivity contribution in [1.29, 1.82) is 0 Å². The molecule has 0 aromatic heterocycles. The van der Waals surface area contributed by atoms with Gasteiger partial charge in [0, 0.05) is 31.1 Å². The third-order valence-electron chi connectivity index (χ3n) is 3.92. The SMILES string of the molecule is C#CCC(CC)NC1CC(C)N(C)CC1C. The van der Waals surface area contributed by atoms with Gasteiger partial charge in [0.25, 0.3) is 0 Å². The van der Waals surface area contributed by atoms with Gasteiger partial charge in [-0.1, -0.05) is 13.8 Å². The molecule has 1 heterocycles. The predicted molar refractivity (Wildman–Crippen MR) is 70.3 cm³/mol. The summed E-state index contributed by atoms with van der Waals surface area (Å²) >= 11 is 0. The first-order valence-electron chi connectivity index (χ1n) is 6.48. The molecule has 0 aromatic rings. The first kappa shape index (κ1) is 13.5. The second-order valence-electron chi connectivity index (χ2n) is 5.29. The Labute approximate surface area is 101 Å². The Morgan fingerprint density at radius 2 is 2.19 bits per heavy atom. The monoisotopic (exact) mass is 222 g/mol. The van der Waals surface area contributed by atoms with E-state index in [-0.39, 0.29) is 0 Å². The summed E-state index contributed by atoms with van der Waals surface area (Å²) in [5.41, 5.74) is 0. The van der Waals surface area contributed by atoms with Crippen LogP contribution < -0.4 is 5.32 Å². The lowest BCUT2D eigenvalue weighted by Crippen LogP contribution is -2.53. The zero-order valence-corrected chi connectivity index (χ0v) is 11.2. The fraction of sp³-hybridized carbons (Fsp3) is 0.857. The molecule has 4 unspecified atom stereocenters. The first-order chi connectivity index (χ1) is 7.58. The number of nitrogens with one attached hydrogen (secondary N) is 1. The zero-order valence-electron chi connectivity index (χ0n) is 11.2. The van der Waals surface area contributed by atoms with Gasteiger partial charge in [-0.25, -0.2) is 0 Å². The molecular formula is C14H26N2. The maximum atomic E-state index is 5.40. The molecule has 0 radical (unpaired) electrons. The van der Waals surface area contributed by atoms with E-state index in [9.17, 15) is 0 Å². The summed E-state index contributed by atoms with van der Waals surface area (Å²) in [7, 11) is 2.22. The van der Waals surface area contributed by atoms with Gasteiger partial charge in [-0.2, -0.15) is 0 Å². The average molecular weight is 222 g/mol. The van der Waals surface area contributed by atoms with Crippen LogP contribution in [0.2, 0.25) is 0 Å². The van der Waals surface area contributed by atoms with Gasteiger partial charge in [0.2, 0.25) is 0 Å². The van der Waals surface area contributed by atoms with Crippen LogP contribution in [0.5, 0.6) is 0 Å². The smallest absolute Gasteiger partial charge is 0.0240 e. The van der Waals surface area contributed by atoms with Crippen LogP contribution in [0.15, 0.2) is 0 Å². The van der Waals surface area contributed by atoms with Gasteiger partial charge in [0.05, 0.1) is 0 Å². The van der Waals surface area contributed by atoms with Crippen LogP contribution in [0.3, 0.4) is 0 Å². The summed E-state index contributed by atoms with van der Waals surface area (Å²) in [6.07, 6.45) is 8.60. The molecule has 1 aliphatic heterocycles. The van der Waals surface area contributed by atoms with Crippen LogP contribution in [0.25, 0.3) is 0 Å². The van der Waals surface area contributed by atoms with Crippen molar-refractivity contribution in [2.45, 2.75) is 58.2 Å². The third-order valence-corrected chi connectivity index (χ3v) is 3.92. The van der Waals surface area contributed by atoms with Crippen LogP contribution in [0, 0.1) is 18.3 Å². The number of hydrogen-bond acceptors (Lipinski definition) is 2. The van der Waals surface area contributed by atoms with Crippen molar-refractivity contribution >= 4 is 0 Å². The Morgan fingerprint density at radius 1 is 1.50 bits per heavy atom. The molecule has 1 fully saturated rings. The molecule has 1 N–H and O–H groups in total. The third kappa shape index (κ3) is 3.50. The Kier molecular flexibility index (Phi) is 5.31. The highest BCUT2D eigenvalue weighted by Crippen LogP contribution is 2.21. The molecule has 0 bridgehead atoms. The van der Waals surface area contributed by atoms with E-state index < -0.39 is 0 Å². The van der Waals surface area contributed by atoms with E-state index in [0.717, 1.165) is 12.8 Å². The topological polar surface area (TPSA) is 15.3 Å². The van der Waals surface area contributed by atoms with E-state index in [0.29, 0.717) is 24.0 Å². The second kappa shape index (κ2) is 6.27. The summed E-state index contributed by atoms with van der Waals surface area (Å²) in [5, 5.41) is 3.74. The van der Waals surface area contributed by atoms with Crippen molar-refractivity contribution in [3.63, 3.8) is 0 Å². The predicted octanol–water partition coefficient (Wildman–Crippen LogP) is 2.11. The molecule has 16 heavy (non-hydrogen) atoms. The molecule has 2 heteroatoms. The van der Waals surface area contributed by atoms with Crippen molar-refractivity contribution in [1.82, 2.24) is 10.2 Å². The summed E-state index contributed by atoms with van der Waals surface area (Å²) < 4.78 is 0. The number of rotatable bonds is 4. The van der Waals surface area contributed by atoms with Gasteiger partial charge in [0.1, 0.15) is 0 Å². The maximum Gasteiger partial charge on any atom is 0.0240 e. The van der Waals surface area contributed by atoms with E-state index >= 15 is 0 Å². The van der Waals surface area contributed by atoms with Gasteiger partial charge in [-0.15, -0.1) is 12.3 Å². The van der Waals surface area contributed by atoms with Crippen molar-refractivity contribution in [2.75, 3.05) is 13.6 Å². The molecule has 2 nitrogen and oxygen atoms in total. The van der Waals surface area contributed by atoms with Crippen molar-refractivity contribution in [3.8, 4) is 12.3 Å². The van der Waals surface area contributed by atoms with E-state index in [1.807, 2.05) is 0 Å². The lowest BCUT2D eigenvalue weighted by molar-refractivity contribution is 0.115. The van der Waals surface area contributed by atoms with Crippen LogP contribution in [-0.2, 0) is 0 Å². The van der Waals surface area contributed by atoms with Crippen molar-refractivity contribution in [2.24, 2.45) is 5.92 Å². The van der Waals surface area contributed by atoms with Gasteiger partial charge >= 0.3 is 0 Å². The summed E-state index contributed by atoms with van der Waals surface area (Å²) in [5.74, 6) is 3.49. The Hall–Kier alpha value is -0.520. The fourth-order valence-electron chi connectivity index (χ4n) is 2.54. The highest BCUT2D eigenvalue weighted by atomic mass is 15.2. The number of nitrogens with zero attached hydrogens (tertiary/aromatic N) is 1. The minimum absolute atomic E-state index is 0.494. The van der Waals surface area contributed by atoms with Crippen LogP contribution in [-0.4, -0.2) is 36.6 Å². The number of hydrogen-bond donors (Lipinski definition) is 1. The molecule has 0 aromatic carbocycles. The number of terminal acetylenes is 1. The van der Waals surface area contributed by atoms with Gasteiger partial charge in [-0.05, 0) is 32.7 Å². The highest BCUT2D eigenvalue weighted by molar-refractivity contribution is 4.93. The van der Waals surface area contributed by atoms with E-state index in [2.05, 4.69) is 44.0 Å². The van der Waals surface area contributed by atoms with E-state index in [1.54, 1.807) is 0 Å². The van der Waals surface area contributed by atoms with Crippen molar-refractivity contribution < 1.29 is 0 Å². The van der Waals surface area contributed by atoms with E-state index in [4.69, 9.17) is 6.42 Å². The minimum atomic E-state index is 0.494. The van der Waals surface area contributed by atoms with E-state index in [1.165, 1.54) is 13.0 Å². The molecule has 0 aliphatic carbocycles. The molecule has 1 aliphatic rings. The molecule has 92 valence electrons. The zero-order chi connectivity index (χ0) is 12.1. The molecule has 0 saturated carbocycles. The van der Waals surface area contributed by atoms with Crippen LogP contribution in [0.4, 0.5) is 0 Å². The maximum absolute atomic E-state index is 5.40. The molecule has 1 rings (SSSR count).